The van der Waals surface area contributed by atoms with E-state index in [-0.39, 0.29) is 46.0 Å². The lowest BCUT2D eigenvalue weighted by molar-refractivity contribution is -0.142. The van der Waals surface area contributed by atoms with Crippen LogP contribution < -0.4 is 15.2 Å². The monoisotopic (exact) mass is 477 g/mol. The van der Waals surface area contributed by atoms with Gasteiger partial charge in [-0.2, -0.15) is 13.2 Å². The zero-order chi connectivity index (χ0) is 24.6. The van der Waals surface area contributed by atoms with Crippen molar-refractivity contribution in [2.45, 2.75) is 6.18 Å². The molecule has 0 spiro atoms. The molecule has 3 heterocycles. The second-order valence-corrected chi connectivity index (χ2v) is 7.43. The molecule has 8 nitrogen and oxygen atoms in total. The summed E-state index contributed by atoms with van der Waals surface area (Å²) in [5.74, 6) is -1.45. The Morgan fingerprint density at radius 1 is 1.18 bits per heavy atom. The van der Waals surface area contributed by atoms with Gasteiger partial charge in [-0.05, 0) is 24.3 Å². The molecule has 1 fully saturated rings. The molecule has 0 aliphatic carbocycles. The van der Waals surface area contributed by atoms with E-state index in [9.17, 15) is 27.2 Å². The number of hydrogen-bond acceptors (Lipinski definition) is 6. The van der Waals surface area contributed by atoms with Crippen molar-refractivity contribution in [2.24, 2.45) is 0 Å². The summed E-state index contributed by atoms with van der Waals surface area (Å²) in [5.41, 5.74) is -3.55. The third-order valence-electron chi connectivity index (χ3n) is 5.54. The number of anilines is 1. The smallest absolute Gasteiger partial charge is 0.431 e. The van der Waals surface area contributed by atoms with Crippen molar-refractivity contribution in [2.75, 3.05) is 38.2 Å². The van der Waals surface area contributed by atoms with Crippen LogP contribution in [0.25, 0.3) is 16.6 Å². The Morgan fingerprint density at radius 3 is 2.50 bits per heavy atom. The molecule has 4 rings (SSSR count). The predicted molar refractivity (Wildman–Crippen MR) is 116 cm³/mol. The SMILES string of the molecule is C=CC(=O)N1CCN(c2ncnc3c(=O)n(-c4c(F)cccc4OC)c(C(F)(F)F)cc23)CC1. The Morgan fingerprint density at radius 2 is 1.88 bits per heavy atom. The zero-order valence-electron chi connectivity index (χ0n) is 18.0. The molecule has 12 heteroatoms. The van der Waals surface area contributed by atoms with E-state index < -0.39 is 28.9 Å². The maximum Gasteiger partial charge on any atom is 0.431 e. The van der Waals surface area contributed by atoms with Crippen LogP contribution in [0, 0.1) is 5.82 Å². The summed E-state index contributed by atoms with van der Waals surface area (Å²) < 4.78 is 62.3. The van der Waals surface area contributed by atoms with Crippen LogP contribution in [0.3, 0.4) is 0 Å². The average molecular weight is 477 g/mol. The van der Waals surface area contributed by atoms with Gasteiger partial charge in [0.25, 0.3) is 5.56 Å². The summed E-state index contributed by atoms with van der Waals surface area (Å²) in [7, 11) is 1.16. The maximum absolute atomic E-state index is 14.7. The standard InChI is InChI=1S/C22H19F4N5O3/c1-3-17(32)29-7-9-30(10-8-29)20-13-11-16(22(24,25)26)31(21(33)18(13)27-12-28-20)19-14(23)5-4-6-15(19)34-2/h3-6,11-12H,1,7-10H2,2H3. The van der Waals surface area contributed by atoms with Crippen LogP contribution in [-0.4, -0.2) is 58.6 Å². The quantitative estimate of drug-likeness (QED) is 0.425. The molecule has 2 aromatic heterocycles. The highest BCUT2D eigenvalue weighted by Crippen LogP contribution is 2.36. The molecule has 1 saturated heterocycles. The number of carbonyl (C=O) groups excluding carboxylic acids is 1. The normalized spacial score (nSPS) is 14.4. The van der Waals surface area contributed by atoms with Gasteiger partial charge in [-0.3, -0.25) is 14.2 Å². The number of halogens is 4. The third-order valence-corrected chi connectivity index (χ3v) is 5.54. The van der Waals surface area contributed by atoms with Crippen molar-refractivity contribution < 1.29 is 27.1 Å². The predicted octanol–water partition coefficient (Wildman–Crippen LogP) is 2.78. The minimum Gasteiger partial charge on any atom is -0.494 e. The number of piperazine rings is 1. The number of pyridine rings is 1. The number of rotatable bonds is 4. The second kappa shape index (κ2) is 8.76. The molecule has 0 bridgehead atoms. The van der Waals surface area contributed by atoms with Crippen LogP contribution in [-0.2, 0) is 11.0 Å². The molecule has 0 atom stereocenters. The van der Waals surface area contributed by atoms with Gasteiger partial charge in [0, 0.05) is 26.2 Å². The number of amides is 1. The van der Waals surface area contributed by atoms with Crippen molar-refractivity contribution in [1.82, 2.24) is 19.4 Å². The number of fused-ring (bicyclic) bond motifs is 1. The highest BCUT2D eigenvalue weighted by atomic mass is 19.4. The first-order chi connectivity index (χ1) is 16.2. The van der Waals surface area contributed by atoms with E-state index in [0.717, 1.165) is 25.6 Å². The van der Waals surface area contributed by atoms with E-state index in [0.29, 0.717) is 13.1 Å². The van der Waals surface area contributed by atoms with Crippen molar-refractivity contribution in [3.63, 3.8) is 0 Å². The molecule has 34 heavy (non-hydrogen) atoms. The number of para-hydroxylation sites is 1. The van der Waals surface area contributed by atoms with Crippen LogP contribution in [0.5, 0.6) is 5.75 Å². The van der Waals surface area contributed by atoms with Gasteiger partial charge in [0.05, 0.1) is 12.5 Å². The topological polar surface area (TPSA) is 80.6 Å². The van der Waals surface area contributed by atoms with E-state index in [4.69, 9.17) is 4.74 Å². The first-order valence-electron chi connectivity index (χ1n) is 10.1. The number of aromatic nitrogens is 3. The van der Waals surface area contributed by atoms with Crippen molar-refractivity contribution >= 4 is 22.6 Å². The van der Waals surface area contributed by atoms with E-state index >= 15 is 0 Å². The first kappa shape index (κ1) is 23.2. The van der Waals surface area contributed by atoms with Gasteiger partial charge in [-0.25, -0.2) is 14.4 Å². The number of hydrogen-bond donors (Lipinski definition) is 0. The summed E-state index contributed by atoms with van der Waals surface area (Å²) in [6.45, 7) is 4.59. The van der Waals surface area contributed by atoms with Crippen LogP contribution >= 0.6 is 0 Å². The summed E-state index contributed by atoms with van der Waals surface area (Å²) >= 11 is 0. The molecule has 1 aliphatic heterocycles. The Labute approximate surface area is 190 Å². The Kier molecular flexibility index (Phi) is 5.98. The van der Waals surface area contributed by atoms with Crippen molar-refractivity contribution in [3.8, 4) is 11.4 Å². The van der Waals surface area contributed by atoms with E-state index in [1.54, 1.807) is 9.80 Å². The molecule has 0 radical (unpaired) electrons. The summed E-state index contributed by atoms with van der Waals surface area (Å²) in [5, 5.41) is -0.130. The molecule has 178 valence electrons. The maximum atomic E-state index is 14.7. The van der Waals surface area contributed by atoms with Crippen molar-refractivity contribution in [3.05, 3.63) is 65.1 Å². The van der Waals surface area contributed by atoms with Gasteiger partial charge in [0.15, 0.2) is 5.82 Å². The molecule has 3 aromatic rings. The molecular formula is C22H19F4N5O3. The Balaban J connectivity index is 1.92. The lowest BCUT2D eigenvalue weighted by Gasteiger charge is -2.35. The molecule has 1 aliphatic rings. The van der Waals surface area contributed by atoms with Gasteiger partial charge < -0.3 is 14.5 Å². The van der Waals surface area contributed by atoms with Gasteiger partial charge in [-0.1, -0.05) is 12.6 Å². The fourth-order valence-corrected chi connectivity index (χ4v) is 3.93. The fourth-order valence-electron chi connectivity index (χ4n) is 3.93. The Hall–Kier alpha value is -3.96. The van der Waals surface area contributed by atoms with Gasteiger partial charge in [0.2, 0.25) is 5.91 Å². The lowest BCUT2D eigenvalue weighted by Crippen LogP contribution is -2.48. The minimum atomic E-state index is -5.01. The van der Waals surface area contributed by atoms with Crippen LogP contribution in [0.4, 0.5) is 23.4 Å². The molecule has 0 saturated carbocycles. The van der Waals surface area contributed by atoms with Crippen LogP contribution in [0.2, 0.25) is 0 Å². The molecule has 1 amide bonds. The largest absolute Gasteiger partial charge is 0.494 e. The number of ether oxygens (including phenoxy) is 1. The average Bonchev–Trinajstić information content (AvgIpc) is 2.83. The fraction of sp³-hybridized carbons (Fsp3) is 0.273. The van der Waals surface area contributed by atoms with Gasteiger partial charge in [-0.15, -0.1) is 0 Å². The number of nitrogens with zero attached hydrogens (tertiary/aromatic N) is 5. The first-order valence-corrected chi connectivity index (χ1v) is 10.1. The second-order valence-electron chi connectivity index (χ2n) is 7.43. The summed E-state index contributed by atoms with van der Waals surface area (Å²) in [4.78, 5) is 36.4. The van der Waals surface area contributed by atoms with Crippen molar-refractivity contribution in [1.29, 1.82) is 0 Å². The Bertz CT molecular complexity index is 1330. The highest BCUT2D eigenvalue weighted by molar-refractivity contribution is 5.90. The summed E-state index contributed by atoms with van der Waals surface area (Å²) in [6.07, 6.45) is -2.76. The molecule has 0 unspecified atom stereocenters. The van der Waals surface area contributed by atoms with E-state index in [1.807, 2.05) is 0 Å². The lowest BCUT2D eigenvalue weighted by atomic mass is 10.1. The molecular weight excluding hydrogens is 458 g/mol. The van der Waals surface area contributed by atoms with Gasteiger partial charge >= 0.3 is 6.18 Å². The number of benzene rings is 1. The number of carbonyl (C=O) groups is 1. The zero-order valence-corrected chi connectivity index (χ0v) is 18.0. The molecule has 0 N–H and O–H groups in total. The number of alkyl halides is 3. The summed E-state index contributed by atoms with van der Waals surface area (Å²) in [6, 6.07) is 4.18. The molecule has 1 aromatic carbocycles. The third kappa shape index (κ3) is 3.95. The number of methoxy groups -OCH3 is 1. The van der Waals surface area contributed by atoms with E-state index in [2.05, 4.69) is 16.5 Å². The highest BCUT2D eigenvalue weighted by Gasteiger charge is 2.38. The minimum absolute atomic E-state index is 0.117. The van der Waals surface area contributed by atoms with Crippen LogP contribution in [0.1, 0.15) is 5.69 Å². The van der Waals surface area contributed by atoms with Crippen LogP contribution in [0.15, 0.2) is 48.0 Å². The van der Waals surface area contributed by atoms with E-state index in [1.165, 1.54) is 18.2 Å². The van der Waals surface area contributed by atoms with Gasteiger partial charge in [0.1, 0.15) is 34.8 Å².